The van der Waals surface area contributed by atoms with Crippen molar-refractivity contribution in [2.75, 3.05) is 23.1 Å². The minimum atomic E-state index is -3.70. The predicted molar refractivity (Wildman–Crippen MR) is 92.5 cm³/mol. The lowest BCUT2D eigenvalue weighted by molar-refractivity contribution is -0.120. The lowest BCUT2D eigenvalue weighted by atomic mass is 10.1. The van der Waals surface area contributed by atoms with E-state index < -0.39 is 21.8 Å². The van der Waals surface area contributed by atoms with Gasteiger partial charge in [0.15, 0.2) is 0 Å². The topological polar surface area (TPSA) is 113 Å². The van der Waals surface area contributed by atoms with Gasteiger partial charge in [0.25, 0.3) is 5.91 Å². The van der Waals surface area contributed by atoms with E-state index in [1.807, 2.05) is 0 Å². The van der Waals surface area contributed by atoms with Crippen LogP contribution in [0, 0.1) is 5.92 Å². The van der Waals surface area contributed by atoms with Crippen molar-refractivity contribution < 1.29 is 22.8 Å². The molecule has 0 aromatic heterocycles. The number of amides is 3. The summed E-state index contributed by atoms with van der Waals surface area (Å²) in [6, 6.07) is 5.95. The molecule has 1 aromatic carbocycles. The molecule has 0 radical (unpaired) electrons. The molecule has 1 heterocycles. The average molecular weight is 367 g/mol. The van der Waals surface area contributed by atoms with Crippen molar-refractivity contribution in [3.8, 4) is 0 Å². The molecule has 1 fully saturated rings. The molecule has 3 amide bonds. The number of benzene rings is 1. The van der Waals surface area contributed by atoms with Crippen LogP contribution in [0.25, 0.3) is 0 Å². The Balaban J connectivity index is 2.05. The van der Waals surface area contributed by atoms with Gasteiger partial charge in [-0.15, -0.1) is 0 Å². The van der Waals surface area contributed by atoms with Gasteiger partial charge in [0.1, 0.15) is 0 Å². The molecular formula is C16H21N3O5S. The van der Waals surface area contributed by atoms with Gasteiger partial charge >= 0.3 is 0 Å². The maximum Gasteiger partial charge on any atom is 0.251 e. The molecule has 1 aliphatic rings. The maximum atomic E-state index is 12.2. The summed E-state index contributed by atoms with van der Waals surface area (Å²) in [5, 5.41) is 5.31. The van der Waals surface area contributed by atoms with E-state index in [9.17, 15) is 22.8 Å². The molecule has 1 unspecified atom stereocenters. The molecule has 25 heavy (non-hydrogen) atoms. The van der Waals surface area contributed by atoms with Crippen LogP contribution in [0.15, 0.2) is 24.3 Å². The molecule has 1 aromatic rings. The minimum absolute atomic E-state index is 0.134. The normalized spacial score (nSPS) is 18.9. The van der Waals surface area contributed by atoms with E-state index in [1.165, 1.54) is 25.1 Å². The van der Waals surface area contributed by atoms with Gasteiger partial charge < -0.3 is 10.6 Å². The molecule has 0 saturated carbocycles. The van der Waals surface area contributed by atoms with Crippen molar-refractivity contribution in [1.29, 1.82) is 0 Å². The van der Waals surface area contributed by atoms with Gasteiger partial charge in [-0.05, 0) is 24.6 Å². The molecule has 0 aliphatic carbocycles. The zero-order chi connectivity index (χ0) is 18.6. The van der Waals surface area contributed by atoms with Gasteiger partial charge in [0, 0.05) is 25.6 Å². The molecule has 1 aliphatic heterocycles. The highest BCUT2D eigenvalue weighted by atomic mass is 32.2. The van der Waals surface area contributed by atoms with Crippen LogP contribution < -0.4 is 14.9 Å². The molecule has 1 atom stereocenters. The Morgan fingerprint density at radius 2 is 1.92 bits per heavy atom. The molecule has 8 nitrogen and oxygen atoms in total. The van der Waals surface area contributed by atoms with Crippen LogP contribution in [0.1, 0.15) is 30.6 Å². The molecule has 2 rings (SSSR count). The number of hydrogen-bond donors (Lipinski definition) is 2. The Kier molecular flexibility index (Phi) is 5.78. The molecular weight excluding hydrogens is 346 g/mol. The quantitative estimate of drug-likeness (QED) is 0.700. The van der Waals surface area contributed by atoms with Crippen LogP contribution in [-0.2, 0) is 19.6 Å². The standard InChI is InChI=1S/C16H21N3O5S/c1-11-10-25(23,24)19(16(11)22)14-6-3-5-13(9-14)15(21)18-8-4-7-17-12(2)20/h3,5-6,9,11H,4,7-8,10H2,1-2H3,(H,17,20)(H,18,21). The summed E-state index contributed by atoms with van der Waals surface area (Å²) < 4.78 is 25.0. The lowest BCUT2D eigenvalue weighted by Crippen LogP contribution is -2.31. The van der Waals surface area contributed by atoms with Crippen LogP contribution in [0.5, 0.6) is 0 Å². The first kappa shape index (κ1) is 18.9. The number of rotatable bonds is 6. The van der Waals surface area contributed by atoms with Gasteiger partial charge in [0.2, 0.25) is 21.8 Å². The molecule has 0 spiro atoms. The summed E-state index contributed by atoms with van der Waals surface area (Å²) in [5.41, 5.74) is 0.430. The fraction of sp³-hybridized carbons (Fsp3) is 0.438. The molecule has 0 bridgehead atoms. The zero-order valence-corrected chi connectivity index (χ0v) is 14.9. The van der Waals surface area contributed by atoms with E-state index in [-0.39, 0.29) is 28.8 Å². The summed E-state index contributed by atoms with van der Waals surface area (Å²) >= 11 is 0. The first-order valence-corrected chi connectivity index (χ1v) is 9.53. The van der Waals surface area contributed by atoms with E-state index in [1.54, 1.807) is 13.0 Å². The SMILES string of the molecule is CC(=O)NCCCNC(=O)c1cccc(N2C(=O)C(C)CS2(=O)=O)c1. The molecule has 2 N–H and O–H groups in total. The fourth-order valence-corrected chi connectivity index (χ4v) is 4.33. The number of nitrogens with zero attached hydrogens (tertiary/aromatic N) is 1. The second-order valence-corrected chi connectivity index (χ2v) is 7.79. The highest BCUT2D eigenvalue weighted by molar-refractivity contribution is 7.94. The van der Waals surface area contributed by atoms with Crippen LogP contribution in [0.4, 0.5) is 5.69 Å². The number of nitrogens with one attached hydrogen (secondary N) is 2. The minimum Gasteiger partial charge on any atom is -0.356 e. The van der Waals surface area contributed by atoms with Crippen LogP contribution >= 0.6 is 0 Å². The summed E-state index contributed by atoms with van der Waals surface area (Å²) in [4.78, 5) is 35.0. The summed E-state index contributed by atoms with van der Waals surface area (Å²) in [6.07, 6.45) is 0.571. The Bertz CT molecular complexity index is 791. The third-order valence-corrected chi connectivity index (χ3v) is 5.58. The van der Waals surface area contributed by atoms with Crippen molar-refractivity contribution >= 4 is 33.4 Å². The summed E-state index contributed by atoms with van der Waals surface area (Å²) in [6.45, 7) is 3.79. The number of anilines is 1. The van der Waals surface area contributed by atoms with Gasteiger partial charge in [-0.3, -0.25) is 14.4 Å². The second-order valence-electron chi connectivity index (χ2n) is 5.92. The van der Waals surface area contributed by atoms with Crippen molar-refractivity contribution in [3.05, 3.63) is 29.8 Å². The molecule has 1 saturated heterocycles. The highest BCUT2D eigenvalue weighted by Gasteiger charge is 2.42. The van der Waals surface area contributed by atoms with Gasteiger partial charge in [-0.1, -0.05) is 13.0 Å². The zero-order valence-electron chi connectivity index (χ0n) is 14.1. The summed E-state index contributed by atoms with van der Waals surface area (Å²) in [7, 11) is -3.70. The van der Waals surface area contributed by atoms with Gasteiger partial charge in [-0.25, -0.2) is 12.7 Å². The van der Waals surface area contributed by atoms with E-state index >= 15 is 0 Å². The Hall–Kier alpha value is -2.42. The fourth-order valence-electron chi connectivity index (χ4n) is 2.52. The van der Waals surface area contributed by atoms with E-state index in [2.05, 4.69) is 10.6 Å². The second kappa shape index (κ2) is 7.64. The largest absolute Gasteiger partial charge is 0.356 e. The van der Waals surface area contributed by atoms with Crippen molar-refractivity contribution in [2.45, 2.75) is 20.3 Å². The smallest absolute Gasteiger partial charge is 0.251 e. The van der Waals surface area contributed by atoms with E-state index in [4.69, 9.17) is 0 Å². The Morgan fingerprint density at radius 3 is 2.52 bits per heavy atom. The Labute approximate surface area is 146 Å². The van der Waals surface area contributed by atoms with Crippen LogP contribution in [0.3, 0.4) is 0 Å². The number of carbonyl (C=O) groups excluding carboxylic acids is 3. The van der Waals surface area contributed by atoms with Gasteiger partial charge in [-0.2, -0.15) is 0 Å². The van der Waals surface area contributed by atoms with Crippen LogP contribution in [0.2, 0.25) is 0 Å². The van der Waals surface area contributed by atoms with Crippen molar-refractivity contribution in [1.82, 2.24) is 10.6 Å². The monoisotopic (exact) mass is 367 g/mol. The average Bonchev–Trinajstić information content (AvgIpc) is 2.74. The molecule has 136 valence electrons. The van der Waals surface area contributed by atoms with Crippen molar-refractivity contribution in [2.24, 2.45) is 5.92 Å². The first-order valence-electron chi connectivity index (χ1n) is 7.92. The van der Waals surface area contributed by atoms with E-state index in [0.29, 0.717) is 19.5 Å². The Morgan fingerprint density at radius 1 is 1.24 bits per heavy atom. The lowest BCUT2D eigenvalue weighted by Gasteiger charge is -2.16. The number of carbonyl (C=O) groups is 3. The maximum absolute atomic E-state index is 12.2. The predicted octanol–water partition coefficient (Wildman–Crippen LogP) is 0.255. The van der Waals surface area contributed by atoms with Crippen LogP contribution in [-0.4, -0.2) is 45.0 Å². The van der Waals surface area contributed by atoms with E-state index in [0.717, 1.165) is 4.31 Å². The highest BCUT2D eigenvalue weighted by Crippen LogP contribution is 2.28. The molecule has 9 heteroatoms. The number of hydrogen-bond acceptors (Lipinski definition) is 5. The number of sulfonamides is 1. The third kappa shape index (κ3) is 4.56. The first-order chi connectivity index (χ1) is 11.7. The summed E-state index contributed by atoms with van der Waals surface area (Å²) in [5.74, 6) is -1.83. The van der Waals surface area contributed by atoms with Crippen molar-refractivity contribution in [3.63, 3.8) is 0 Å². The van der Waals surface area contributed by atoms with Gasteiger partial charge in [0.05, 0.1) is 17.4 Å². The third-order valence-electron chi connectivity index (χ3n) is 3.72.